The molecule has 0 saturated heterocycles. The molecule has 0 saturated carbocycles. The Hall–Kier alpha value is -0.430. The van der Waals surface area contributed by atoms with Crippen LogP contribution in [-0.2, 0) is 0 Å². The van der Waals surface area contributed by atoms with Crippen LogP contribution < -0.4 is 17.2 Å². The zero-order chi connectivity index (χ0) is 8.69. The van der Waals surface area contributed by atoms with Crippen LogP contribution in [0, 0.1) is 5.41 Å². The first kappa shape index (κ1) is 14.1. The van der Waals surface area contributed by atoms with Gasteiger partial charge in [-0.1, -0.05) is 11.8 Å². The second-order valence-electron chi connectivity index (χ2n) is 1.87. The fourth-order valence-corrected chi connectivity index (χ4v) is 0.948. The number of aliphatic imine (C=N–C) groups is 1. The number of rotatable bonds is 4. The molecule has 0 radical (unpaired) electrons. The molecule has 0 unspecified atom stereocenters. The summed E-state index contributed by atoms with van der Waals surface area (Å²) in [4.78, 5) is 3.77. The van der Waals surface area contributed by atoms with Crippen LogP contribution in [0.2, 0.25) is 0 Å². The van der Waals surface area contributed by atoms with Gasteiger partial charge in [0.15, 0.2) is 11.1 Å². The smallest absolute Gasteiger partial charge is 0.185 e. The van der Waals surface area contributed by atoms with Crippen molar-refractivity contribution in [3.8, 4) is 0 Å². The van der Waals surface area contributed by atoms with Crippen LogP contribution in [0.1, 0.15) is 6.42 Å². The van der Waals surface area contributed by atoms with E-state index in [0.717, 1.165) is 12.2 Å². The first-order valence-electron chi connectivity index (χ1n) is 3.15. The van der Waals surface area contributed by atoms with Crippen molar-refractivity contribution in [2.75, 3.05) is 12.3 Å². The molecule has 12 heavy (non-hydrogen) atoms. The van der Waals surface area contributed by atoms with Crippen LogP contribution >= 0.6 is 28.7 Å². The lowest BCUT2D eigenvalue weighted by molar-refractivity contribution is 0.939. The highest BCUT2D eigenvalue weighted by Crippen LogP contribution is 1.99. The molecule has 7 N–H and O–H groups in total. The maximum absolute atomic E-state index is 6.87. The summed E-state index contributed by atoms with van der Waals surface area (Å²) in [5.74, 6) is 0.893. The van der Waals surface area contributed by atoms with Crippen molar-refractivity contribution in [1.29, 1.82) is 5.41 Å². The van der Waals surface area contributed by atoms with Gasteiger partial charge in [0.05, 0.1) is 0 Å². The summed E-state index contributed by atoms with van der Waals surface area (Å²) in [6, 6.07) is 0. The zero-order valence-corrected chi connectivity index (χ0v) is 9.15. The Balaban J connectivity index is 0. The van der Waals surface area contributed by atoms with Gasteiger partial charge in [-0.3, -0.25) is 10.4 Å². The van der Waals surface area contributed by atoms with Gasteiger partial charge in [0.25, 0.3) is 0 Å². The highest BCUT2D eigenvalue weighted by Gasteiger charge is 1.90. The standard InChI is InChI=1S/C5H13N5S.BrH/c6-4(7)10-2-1-3-11-5(8)9;/h1-3H2,(H3,8,9)(H4,6,7,10);1H. The van der Waals surface area contributed by atoms with Crippen LogP contribution in [0.25, 0.3) is 0 Å². The molecular formula is C5H14BrN5S. The Morgan fingerprint density at radius 1 is 1.33 bits per heavy atom. The van der Waals surface area contributed by atoms with E-state index in [2.05, 4.69) is 4.99 Å². The third-order valence-electron chi connectivity index (χ3n) is 0.854. The Morgan fingerprint density at radius 2 is 1.92 bits per heavy atom. The number of amidine groups is 1. The second-order valence-corrected chi connectivity index (χ2v) is 3.01. The summed E-state index contributed by atoms with van der Waals surface area (Å²) >= 11 is 1.29. The number of thioether (sulfide) groups is 1. The molecule has 0 aromatic carbocycles. The quantitative estimate of drug-likeness (QED) is 0.318. The van der Waals surface area contributed by atoms with E-state index < -0.39 is 0 Å². The Morgan fingerprint density at radius 3 is 2.33 bits per heavy atom. The van der Waals surface area contributed by atoms with Gasteiger partial charge < -0.3 is 17.2 Å². The monoisotopic (exact) mass is 255 g/mol. The van der Waals surface area contributed by atoms with Crippen LogP contribution in [0.4, 0.5) is 0 Å². The number of hydrogen-bond acceptors (Lipinski definition) is 3. The van der Waals surface area contributed by atoms with E-state index >= 15 is 0 Å². The Kier molecular flexibility index (Phi) is 10.2. The molecule has 0 atom stereocenters. The van der Waals surface area contributed by atoms with Crippen molar-refractivity contribution in [2.24, 2.45) is 22.2 Å². The number of halogens is 1. The Bertz CT molecular complexity index is 156. The highest BCUT2D eigenvalue weighted by atomic mass is 79.9. The normalized spacial score (nSPS) is 8.33. The van der Waals surface area contributed by atoms with Crippen molar-refractivity contribution in [1.82, 2.24) is 0 Å². The molecule has 0 heterocycles. The summed E-state index contributed by atoms with van der Waals surface area (Å²) < 4.78 is 0. The summed E-state index contributed by atoms with van der Waals surface area (Å²) in [6.07, 6.45) is 0.835. The van der Waals surface area contributed by atoms with E-state index in [1.807, 2.05) is 0 Å². The topological polar surface area (TPSA) is 114 Å². The van der Waals surface area contributed by atoms with Crippen molar-refractivity contribution in [2.45, 2.75) is 6.42 Å². The van der Waals surface area contributed by atoms with Gasteiger partial charge in [-0.05, 0) is 6.42 Å². The molecule has 0 aliphatic carbocycles. The van der Waals surface area contributed by atoms with Crippen LogP contribution in [0.15, 0.2) is 4.99 Å². The molecule has 0 spiro atoms. The number of hydrogen-bond donors (Lipinski definition) is 4. The van der Waals surface area contributed by atoms with Crippen molar-refractivity contribution in [3.63, 3.8) is 0 Å². The molecular weight excluding hydrogens is 242 g/mol. The fourth-order valence-electron chi connectivity index (χ4n) is 0.455. The third-order valence-corrected chi connectivity index (χ3v) is 1.66. The maximum atomic E-state index is 6.87. The molecule has 5 nitrogen and oxygen atoms in total. The molecule has 0 aromatic heterocycles. The summed E-state index contributed by atoms with van der Waals surface area (Å²) in [5.41, 5.74) is 15.3. The van der Waals surface area contributed by atoms with Crippen molar-refractivity contribution in [3.05, 3.63) is 0 Å². The molecule has 0 rings (SSSR count). The number of guanidine groups is 1. The van der Waals surface area contributed by atoms with Crippen molar-refractivity contribution >= 4 is 39.9 Å². The van der Waals surface area contributed by atoms with Gasteiger partial charge in [0.2, 0.25) is 0 Å². The van der Waals surface area contributed by atoms with E-state index in [-0.39, 0.29) is 28.1 Å². The van der Waals surface area contributed by atoms with Crippen LogP contribution in [-0.4, -0.2) is 23.4 Å². The summed E-state index contributed by atoms with van der Waals surface area (Å²) in [7, 11) is 0. The number of nitrogens with one attached hydrogen (secondary N) is 1. The zero-order valence-electron chi connectivity index (χ0n) is 6.62. The average Bonchev–Trinajstić information content (AvgIpc) is 1.85. The molecule has 0 aliphatic rings. The molecule has 0 aliphatic heterocycles. The SMILES string of the molecule is Br.N=C(N)SCCCN=C(N)N. The molecule has 7 heteroatoms. The second kappa shape index (κ2) is 8.66. The lowest BCUT2D eigenvalue weighted by Crippen LogP contribution is -2.23. The average molecular weight is 256 g/mol. The van der Waals surface area contributed by atoms with E-state index in [4.69, 9.17) is 22.6 Å². The van der Waals surface area contributed by atoms with Gasteiger partial charge in [0, 0.05) is 12.3 Å². The largest absolute Gasteiger partial charge is 0.379 e. The summed E-state index contributed by atoms with van der Waals surface area (Å²) in [5, 5.41) is 7.00. The number of nitrogens with zero attached hydrogens (tertiary/aromatic N) is 1. The van der Waals surface area contributed by atoms with E-state index in [1.54, 1.807) is 0 Å². The molecule has 0 amide bonds. The van der Waals surface area contributed by atoms with Gasteiger partial charge in [-0.25, -0.2) is 0 Å². The lowest BCUT2D eigenvalue weighted by atomic mass is 10.5. The van der Waals surface area contributed by atoms with E-state index in [9.17, 15) is 0 Å². The highest BCUT2D eigenvalue weighted by molar-refractivity contribution is 8.93. The maximum Gasteiger partial charge on any atom is 0.185 e. The third kappa shape index (κ3) is 12.3. The predicted molar refractivity (Wildman–Crippen MR) is 60.0 cm³/mol. The van der Waals surface area contributed by atoms with E-state index in [1.165, 1.54) is 11.8 Å². The fraction of sp³-hybridized carbons (Fsp3) is 0.600. The molecule has 72 valence electrons. The first-order chi connectivity index (χ1) is 5.13. The van der Waals surface area contributed by atoms with Gasteiger partial charge in [-0.15, -0.1) is 17.0 Å². The summed E-state index contributed by atoms with van der Waals surface area (Å²) in [6.45, 7) is 0.600. The molecule has 0 fully saturated rings. The van der Waals surface area contributed by atoms with Crippen LogP contribution in [0.3, 0.4) is 0 Å². The van der Waals surface area contributed by atoms with Crippen molar-refractivity contribution < 1.29 is 0 Å². The number of nitrogens with two attached hydrogens (primary N) is 3. The minimum atomic E-state index is 0. The van der Waals surface area contributed by atoms with Gasteiger partial charge in [0.1, 0.15) is 0 Å². The molecule has 0 aromatic rings. The van der Waals surface area contributed by atoms with E-state index in [0.29, 0.717) is 6.54 Å². The lowest BCUT2D eigenvalue weighted by Gasteiger charge is -1.95. The minimum Gasteiger partial charge on any atom is -0.379 e. The Labute approximate surface area is 86.4 Å². The van der Waals surface area contributed by atoms with Crippen LogP contribution in [0.5, 0.6) is 0 Å². The minimum absolute atomic E-state index is 0. The first-order valence-corrected chi connectivity index (χ1v) is 4.13. The molecule has 0 bridgehead atoms. The van der Waals surface area contributed by atoms with Gasteiger partial charge >= 0.3 is 0 Å². The predicted octanol–water partition coefficient (Wildman–Crippen LogP) is -0.146. The van der Waals surface area contributed by atoms with Gasteiger partial charge in [-0.2, -0.15) is 0 Å².